The zero-order chi connectivity index (χ0) is 19.8. The molecule has 0 aliphatic rings. The number of hydrogen-bond acceptors (Lipinski definition) is 3. The summed E-state index contributed by atoms with van der Waals surface area (Å²) in [4.78, 5) is 0. The zero-order valence-corrected chi connectivity index (χ0v) is 18.5. The predicted octanol–water partition coefficient (Wildman–Crippen LogP) is 6.44. The van der Waals surface area contributed by atoms with Gasteiger partial charge in [0.2, 0.25) is 0 Å². The highest BCUT2D eigenvalue weighted by Crippen LogP contribution is 2.35. The molecule has 28 heavy (non-hydrogen) atoms. The molecule has 4 heteroatoms. The third-order valence-corrected chi connectivity index (χ3v) is 5.28. The molecule has 0 radical (unpaired) electrons. The predicted molar refractivity (Wildman–Crippen MR) is 124 cm³/mol. The van der Waals surface area contributed by atoms with Gasteiger partial charge in [0.1, 0.15) is 6.61 Å². The molecule has 3 aromatic carbocycles. The molecule has 0 unspecified atom stereocenters. The van der Waals surface area contributed by atoms with Gasteiger partial charge in [0.05, 0.1) is 10.2 Å². The van der Waals surface area contributed by atoms with E-state index in [-0.39, 0.29) is 0 Å². The molecular weight excluding hydrogens is 461 g/mol. The number of nitrogens with one attached hydrogen (secondary N) is 1. The van der Waals surface area contributed by atoms with Gasteiger partial charge < -0.3 is 14.8 Å². The van der Waals surface area contributed by atoms with Crippen LogP contribution in [0.4, 0.5) is 5.69 Å². The SMILES string of the molecule is CCOc1cc(CNc2ccccc2CC)cc(I)c1OCc1ccccc1. The Morgan fingerprint density at radius 3 is 2.36 bits per heavy atom. The van der Waals surface area contributed by atoms with Crippen LogP contribution in [0.1, 0.15) is 30.5 Å². The van der Waals surface area contributed by atoms with Gasteiger partial charge in [-0.15, -0.1) is 0 Å². The first kappa shape index (κ1) is 20.5. The molecule has 0 amide bonds. The van der Waals surface area contributed by atoms with Gasteiger partial charge in [-0.2, -0.15) is 0 Å². The Kier molecular flexibility index (Phi) is 7.60. The number of para-hydroxylation sites is 1. The summed E-state index contributed by atoms with van der Waals surface area (Å²) in [5, 5.41) is 3.55. The van der Waals surface area contributed by atoms with Gasteiger partial charge >= 0.3 is 0 Å². The van der Waals surface area contributed by atoms with Crippen molar-refractivity contribution in [3.8, 4) is 11.5 Å². The Balaban J connectivity index is 1.76. The molecule has 146 valence electrons. The molecule has 0 aliphatic heterocycles. The lowest BCUT2D eigenvalue weighted by atomic mass is 10.1. The van der Waals surface area contributed by atoms with Gasteiger partial charge in [-0.3, -0.25) is 0 Å². The van der Waals surface area contributed by atoms with Crippen LogP contribution in [0, 0.1) is 3.57 Å². The van der Waals surface area contributed by atoms with Gasteiger partial charge in [0.25, 0.3) is 0 Å². The van der Waals surface area contributed by atoms with Crippen molar-refractivity contribution in [2.75, 3.05) is 11.9 Å². The van der Waals surface area contributed by atoms with E-state index in [9.17, 15) is 0 Å². The molecule has 0 fully saturated rings. The molecule has 0 bridgehead atoms. The van der Waals surface area contributed by atoms with Crippen molar-refractivity contribution in [1.82, 2.24) is 0 Å². The van der Waals surface area contributed by atoms with Crippen LogP contribution in [-0.4, -0.2) is 6.61 Å². The number of rotatable bonds is 9. The van der Waals surface area contributed by atoms with Crippen LogP contribution in [0.5, 0.6) is 11.5 Å². The van der Waals surface area contributed by atoms with Crippen LogP contribution in [-0.2, 0) is 19.6 Å². The molecule has 1 N–H and O–H groups in total. The number of benzene rings is 3. The molecule has 0 aliphatic carbocycles. The molecule has 0 saturated carbocycles. The van der Waals surface area contributed by atoms with Crippen molar-refractivity contribution in [3.05, 3.63) is 87.0 Å². The molecule has 0 spiro atoms. The first-order valence-corrected chi connectivity index (χ1v) is 10.7. The second kappa shape index (κ2) is 10.4. The summed E-state index contributed by atoms with van der Waals surface area (Å²) in [7, 11) is 0. The number of aryl methyl sites for hydroxylation is 1. The fraction of sp³-hybridized carbons (Fsp3) is 0.250. The summed E-state index contributed by atoms with van der Waals surface area (Å²) in [6, 6.07) is 22.9. The maximum absolute atomic E-state index is 6.11. The van der Waals surface area contributed by atoms with Gasteiger partial charge in [0.15, 0.2) is 11.5 Å². The highest BCUT2D eigenvalue weighted by molar-refractivity contribution is 14.1. The van der Waals surface area contributed by atoms with Gasteiger partial charge in [0, 0.05) is 12.2 Å². The van der Waals surface area contributed by atoms with Crippen molar-refractivity contribution in [3.63, 3.8) is 0 Å². The summed E-state index contributed by atoms with van der Waals surface area (Å²) in [5.41, 5.74) is 4.82. The lowest BCUT2D eigenvalue weighted by molar-refractivity contribution is 0.267. The minimum Gasteiger partial charge on any atom is -0.490 e. The minimum absolute atomic E-state index is 0.526. The number of anilines is 1. The Labute approximate surface area is 181 Å². The van der Waals surface area contributed by atoms with E-state index < -0.39 is 0 Å². The highest BCUT2D eigenvalue weighted by atomic mass is 127. The molecule has 3 nitrogen and oxygen atoms in total. The van der Waals surface area contributed by atoms with Crippen LogP contribution < -0.4 is 14.8 Å². The van der Waals surface area contributed by atoms with Crippen LogP contribution in [0.2, 0.25) is 0 Å². The smallest absolute Gasteiger partial charge is 0.174 e. The van der Waals surface area contributed by atoms with E-state index in [4.69, 9.17) is 9.47 Å². The quantitative estimate of drug-likeness (QED) is 0.352. The van der Waals surface area contributed by atoms with Gasteiger partial charge in [-0.1, -0.05) is 55.5 Å². The Hall–Kier alpha value is -2.21. The van der Waals surface area contributed by atoms with Crippen molar-refractivity contribution in [2.24, 2.45) is 0 Å². The van der Waals surface area contributed by atoms with Crippen molar-refractivity contribution in [2.45, 2.75) is 33.4 Å². The lowest BCUT2D eigenvalue weighted by Crippen LogP contribution is -2.05. The molecule has 0 heterocycles. The van der Waals surface area contributed by atoms with E-state index in [2.05, 4.69) is 83.4 Å². The number of hydrogen-bond donors (Lipinski definition) is 1. The molecule has 0 saturated heterocycles. The Morgan fingerprint density at radius 2 is 1.61 bits per heavy atom. The van der Waals surface area contributed by atoms with Crippen LogP contribution in [0.3, 0.4) is 0 Å². The van der Waals surface area contributed by atoms with Crippen molar-refractivity contribution in [1.29, 1.82) is 0 Å². The molecule has 3 aromatic rings. The van der Waals surface area contributed by atoms with E-state index in [0.29, 0.717) is 13.2 Å². The fourth-order valence-corrected chi connectivity index (χ4v) is 3.88. The third kappa shape index (κ3) is 5.41. The first-order valence-electron chi connectivity index (χ1n) is 9.65. The fourth-order valence-electron chi connectivity index (χ4n) is 3.05. The highest BCUT2D eigenvalue weighted by Gasteiger charge is 2.13. The topological polar surface area (TPSA) is 30.5 Å². The van der Waals surface area contributed by atoms with Crippen LogP contribution in [0.25, 0.3) is 0 Å². The monoisotopic (exact) mass is 487 g/mol. The summed E-state index contributed by atoms with van der Waals surface area (Å²) < 4.78 is 13.0. The largest absolute Gasteiger partial charge is 0.490 e. The molecule has 0 aromatic heterocycles. The maximum Gasteiger partial charge on any atom is 0.174 e. The Bertz CT molecular complexity index is 896. The van der Waals surface area contributed by atoms with Crippen LogP contribution >= 0.6 is 22.6 Å². The van der Waals surface area contributed by atoms with Gasteiger partial charge in [-0.05, 0) is 70.8 Å². The van der Waals surface area contributed by atoms with E-state index in [1.165, 1.54) is 16.8 Å². The second-order valence-corrected chi connectivity index (χ2v) is 7.64. The molecular formula is C24H26INO2. The second-order valence-electron chi connectivity index (χ2n) is 6.48. The van der Waals surface area contributed by atoms with Crippen LogP contribution in [0.15, 0.2) is 66.7 Å². The number of ether oxygens (including phenoxy) is 2. The van der Waals surface area contributed by atoms with E-state index in [0.717, 1.165) is 33.6 Å². The Morgan fingerprint density at radius 1 is 0.857 bits per heavy atom. The summed E-state index contributed by atoms with van der Waals surface area (Å²) >= 11 is 2.33. The normalized spacial score (nSPS) is 10.5. The zero-order valence-electron chi connectivity index (χ0n) is 16.4. The average Bonchev–Trinajstić information content (AvgIpc) is 2.73. The summed E-state index contributed by atoms with van der Waals surface area (Å²) in [5.74, 6) is 1.61. The van der Waals surface area contributed by atoms with Crippen molar-refractivity contribution < 1.29 is 9.47 Å². The molecule has 3 rings (SSSR count). The average molecular weight is 487 g/mol. The van der Waals surface area contributed by atoms with Gasteiger partial charge in [-0.25, -0.2) is 0 Å². The van der Waals surface area contributed by atoms with E-state index >= 15 is 0 Å². The first-order chi connectivity index (χ1) is 13.7. The third-order valence-electron chi connectivity index (χ3n) is 4.48. The standard InChI is InChI=1S/C24H26INO2/c1-3-20-12-8-9-13-22(20)26-16-19-14-21(25)24(23(15-19)27-4-2)28-17-18-10-6-5-7-11-18/h5-15,26H,3-4,16-17H2,1-2H3. The lowest BCUT2D eigenvalue weighted by Gasteiger charge is -2.17. The minimum atomic E-state index is 0.526. The summed E-state index contributed by atoms with van der Waals surface area (Å²) in [6.45, 7) is 6.05. The van der Waals surface area contributed by atoms with Crippen molar-refractivity contribution >= 4 is 28.3 Å². The van der Waals surface area contributed by atoms with E-state index in [1.807, 2.05) is 25.1 Å². The number of halogens is 1. The van der Waals surface area contributed by atoms with E-state index in [1.54, 1.807) is 0 Å². The maximum atomic E-state index is 6.11. The summed E-state index contributed by atoms with van der Waals surface area (Å²) in [6.07, 6.45) is 1.01. The molecule has 0 atom stereocenters.